The number of anilines is 1. The maximum Gasteiger partial charge on any atom is 0.187 e. The number of rotatable bonds is 6. The van der Waals surface area contributed by atoms with Crippen molar-refractivity contribution in [1.29, 1.82) is 0 Å². The number of hydrogen-bond donors (Lipinski definition) is 0. The predicted molar refractivity (Wildman–Crippen MR) is 115 cm³/mol. The molecule has 3 rings (SSSR count). The number of hydrogen-bond acceptors (Lipinski definition) is 5. The summed E-state index contributed by atoms with van der Waals surface area (Å²) >= 11 is 8.15. The summed E-state index contributed by atoms with van der Waals surface area (Å²) in [7, 11) is 2.04. The zero-order valence-corrected chi connectivity index (χ0v) is 18.7. The van der Waals surface area contributed by atoms with E-state index in [1.54, 1.807) is 11.3 Å². The van der Waals surface area contributed by atoms with Gasteiger partial charge >= 0.3 is 0 Å². The van der Waals surface area contributed by atoms with E-state index in [1.165, 1.54) is 5.56 Å². The summed E-state index contributed by atoms with van der Waals surface area (Å²) in [5.74, 6) is 0.475. The van der Waals surface area contributed by atoms with Crippen LogP contribution in [0.5, 0.6) is 0 Å². The molecule has 0 N–H and O–H groups in total. The Hall–Kier alpha value is -1.66. The average Bonchev–Trinajstić information content (AvgIpc) is 3.14. The summed E-state index contributed by atoms with van der Waals surface area (Å²) < 4.78 is 1.97. The lowest BCUT2D eigenvalue weighted by Gasteiger charge is -2.19. The predicted octanol–water partition coefficient (Wildman–Crippen LogP) is 5.87. The van der Waals surface area contributed by atoms with Crippen molar-refractivity contribution >= 4 is 33.7 Å². The molecule has 0 atom stereocenters. The zero-order chi connectivity index (χ0) is 19.9. The van der Waals surface area contributed by atoms with Crippen molar-refractivity contribution in [1.82, 2.24) is 19.6 Å². The maximum atomic E-state index is 6.56. The molecule has 0 aliphatic carbocycles. The third kappa shape index (κ3) is 3.57. The van der Waals surface area contributed by atoms with Gasteiger partial charge in [0.05, 0.1) is 16.3 Å². The summed E-state index contributed by atoms with van der Waals surface area (Å²) in [6.45, 7) is 12.8. The highest BCUT2D eigenvalue weighted by Crippen LogP contribution is 2.40. The van der Waals surface area contributed by atoms with E-state index in [4.69, 9.17) is 21.7 Å². The monoisotopic (exact) mass is 405 g/mol. The third-order valence-corrected chi connectivity index (χ3v) is 6.74. The fourth-order valence-corrected chi connectivity index (χ4v) is 4.85. The van der Waals surface area contributed by atoms with Gasteiger partial charge in [0.1, 0.15) is 5.69 Å². The normalized spacial score (nSPS) is 11.9. The lowest BCUT2D eigenvalue weighted by atomic mass is 9.95. The second kappa shape index (κ2) is 7.76. The Labute approximate surface area is 170 Å². The molecule has 27 heavy (non-hydrogen) atoms. The molecule has 0 spiro atoms. The van der Waals surface area contributed by atoms with Crippen LogP contribution in [-0.4, -0.2) is 32.7 Å². The van der Waals surface area contributed by atoms with Gasteiger partial charge in [0.2, 0.25) is 0 Å². The average molecular weight is 406 g/mol. The van der Waals surface area contributed by atoms with Crippen LogP contribution in [0.2, 0.25) is 5.15 Å². The van der Waals surface area contributed by atoms with E-state index in [2.05, 4.69) is 43.6 Å². The van der Waals surface area contributed by atoms with Crippen molar-refractivity contribution in [2.24, 2.45) is 0 Å². The van der Waals surface area contributed by atoms with E-state index >= 15 is 0 Å². The maximum absolute atomic E-state index is 6.56. The first-order valence-electron chi connectivity index (χ1n) is 9.54. The van der Waals surface area contributed by atoms with E-state index in [0.717, 1.165) is 45.6 Å². The van der Waals surface area contributed by atoms with Gasteiger partial charge in [-0.1, -0.05) is 36.8 Å². The van der Waals surface area contributed by atoms with Crippen LogP contribution in [0, 0.1) is 13.8 Å². The zero-order valence-electron chi connectivity index (χ0n) is 17.2. The van der Waals surface area contributed by atoms with Gasteiger partial charge < -0.3 is 4.90 Å². The van der Waals surface area contributed by atoms with Gasteiger partial charge in [-0.2, -0.15) is 5.10 Å². The number of imidazole rings is 1. The summed E-state index contributed by atoms with van der Waals surface area (Å²) in [5.41, 5.74) is 5.08. The molecular weight excluding hydrogens is 378 g/mol. The lowest BCUT2D eigenvalue weighted by Crippen LogP contribution is -2.25. The second-order valence-electron chi connectivity index (χ2n) is 7.36. The molecule has 146 valence electrons. The van der Waals surface area contributed by atoms with Crippen molar-refractivity contribution in [3.63, 3.8) is 0 Å². The number of nitrogens with zero attached hydrogens (tertiary/aromatic N) is 5. The fraction of sp³-hybridized carbons (Fsp3) is 0.550. The van der Waals surface area contributed by atoms with Gasteiger partial charge in [0.15, 0.2) is 15.9 Å². The van der Waals surface area contributed by atoms with Crippen LogP contribution in [0.1, 0.15) is 63.4 Å². The van der Waals surface area contributed by atoms with E-state index in [-0.39, 0.29) is 0 Å². The minimum Gasteiger partial charge on any atom is -0.349 e. The first kappa shape index (κ1) is 20.1. The number of thiazole rings is 1. The molecule has 3 aromatic heterocycles. The van der Waals surface area contributed by atoms with Crippen LogP contribution in [-0.2, 0) is 0 Å². The Bertz CT molecular complexity index is 955. The van der Waals surface area contributed by atoms with E-state index < -0.39 is 0 Å². The molecule has 0 saturated heterocycles. The highest BCUT2D eigenvalue weighted by atomic mass is 35.5. The molecule has 5 nitrogen and oxygen atoms in total. The van der Waals surface area contributed by atoms with E-state index in [1.807, 2.05) is 25.4 Å². The molecule has 0 bridgehead atoms. The standard InChI is InChI=1S/C20H28ClN5S/c1-8-14(9-2)15-10-12(5)24-26-16(13(6)22-19(15)26)17-18(21)23-20(27-17)25(7)11(3)4/h10-11,14H,8-9H2,1-7H3. The molecular formula is C20H28ClN5S. The molecule has 0 radical (unpaired) electrons. The van der Waals surface area contributed by atoms with Gasteiger partial charge in [0.25, 0.3) is 0 Å². The van der Waals surface area contributed by atoms with Crippen molar-refractivity contribution in [3.8, 4) is 10.6 Å². The summed E-state index contributed by atoms with van der Waals surface area (Å²) in [5, 5.41) is 6.20. The molecule has 0 saturated carbocycles. The number of fused-ring (bicyclic) bond motifs is 1. The molecule has 3 aromatic rings. The molecule has 0 aliphatic heterocycles. The largest absolute Gasteiger partial charge is 0.349 e. The number of aromatic nitrogens is 4. The minimum atomic E-state index is 0.352. The molecule has 7 heteroatoms. The number of halogens is 1. The molecule has 0 aromatic carbocycles. The lowest BCUT2D eigenvalue weighted by molar-refractivity contribution is 0.638. The van der Waals surface area contributed by atoms with E-state index in [0.29, 0.717) is 17.1 Å². The summed E-state index contributed by atoms with van der Waals surface area (Å²) in [4.78, 5) is 12.5. The van der Waals surface area contributed by atoms with Crippen LogP contribution in [0.25, 0.3) is 16.2 Å². The summed E-state index contributed by atoms with van der Waals surface area (Å²) in [6, 6.07) is 2.53. The molecule has 0 fully saturated rings. The fourth-order valence-electron chi connectivity index (χ4n) is 3.38. The van der Waals surface area contributed by atoms with Crippen LogP contribution in [0.3, 0.4) is 0 Å². The van der Waals surface area contributed by atoms with Crippen LogP contribution in [0.15, 0.2) is 6.07 Å². The Morgan fingerprint density at radius 2 is 1.85 bits per heavy atom. The minimum absolute atomic E-state index is 0.352. The highest BCUT2D eigenvalue weighted by Gasteiger charge is 2.24. The Balaban J connectivity index is 2.23. The SMILES string of the molecule is CCC(CC)c1cc(C)nn2c(-c3sc(N(C)C(C)C)nc3Cl)c(C)nc12. The van der Waals surface area contributed by atoms with Crippen LogP contribution in [0.4, 0.5) is 5.13 Å². The first-order valence-corrected chi connectivity index (χ1v) is 10.7. The topological polar surface area (TPSA) is 46.3 Å². The van der Waals surface area contributed by atoms with Gasteiger partial charge in [-0.25, -0.2) is 14.5 Å². The second-order valence-corrected chi connectivity index (χ2v) is 8.69. The van der Waals surface area contributed by atoms with Crippen LogP contribution >= 0.6 is 22.9 Å². The van der Waals surface area contributed by atoms with Gasteiger partial charge in [-0.05, 0) is 52.5 Å². The van der Waals surface area contributed by atoms with Gasteiger partial charge in [-0.3, -0.25) is 0 Å². The Morgan fingerprint density at radius 1 is 1.19 bits per heavy atom. The molecule has 0 unspecified atom stereocenters. The van der Waals surface area contributed by atoms with Crippen molar-refractivity contribution in [2.75, 3.05) is 11.9 Å². The Kier molecular flexibility index (Phi) is 5.77. The van der Waals surface area contributed by atoms with Crippen molar-refractivity contribution < 1.29 is 0 Å². The third-order valence-electron chi connectivity index (χ3n) is 5.20. The number of aryl methyl sites for hydroxylation is 2. The van der Waals surface area contributed by atoms with Crippen molar-refractivity contribution in [2.45, 2.75) is 66.3 Å². The van der Waals surface area contributed by atoms with E-state index in [9.17, 15) is 0 Å². The molecule has 0 aliphatic rings. The van der Waals surface area contributed by atoms with Crippen LogP contribution < -0.4 is 4.90 Å². The smallest absolute Gasteiger partial charge is 0.187 e. The molecule has 3 heterocycles. The van der Waals surface area contributed by atoms with Gasteiger partial charge in [0, 0.05) is 18.7 Å². The first-order chi connectivity index (χ1) is 12.8. The summed E-state index contributed by atoms with van der Waals surface area (Å²) in [6.07, 6.45) is 2.17. The van der Waals surface area contributed by atoms with Gasteiger partial charge in [-0.15, -0.1) is 0 Å². The highest BCUT2D eigenvalue weighted by molar-refractivity contribution is 7.19. The molecule has 0 amide bonds. The Morgan fingerprint density at radius 3 is 2.44 bits per heavy atom. The quantitative estimate of drug-likeness (QED) is 0.514. The van der Waals surface area contributed by atoms with Crippen molar-refractivity contribution in [3.05, 3.63) is 28.2 Å².